The van der Waals surface area contributed by atoms with E-state index in [1.54, 1.807) is 0 Å². The lowest BCUT2D eigenvalue weighted by atomic mass is 10.1. The number of carbonyl (C=O) groups is 2. The van der Waals surface area contributed by atoms with Gasteiger partial charge in [0.05, 0.1) is 0 Å². The quantitative estimate of drug-likeness (QED) is 0.135. The Labute approximate surface area is 146 Å². The van der Waals surface area contributed by atoms with Gasteiger partial charge in [0.2, 0.25) is 0 Å². The molecular formula is C18H34O6. The number of ether oxygens (including phenoxy) is 2. The lowest BCUT2D eigenvalue weighted by Crippen LogP contribution is -2.23. The van der Waals surface area contributed by atoms with Gasteiger partial charge in [-0.15, -0.1) is 0 Å². The van der Waals surface area contributed by atoms with Crippen molar-refractivity contribution in [2.24, 2.45) is 0 Å². The van der Waals surface area contributed by atoms with Crippen molar-refractivity contribution in [2.45, 2.75) is 104 Å². The van der Waals surface area contributed by atoms with Crippen LogP contribution < -0.4 is 0 Å². The van der Waals surface area contributed by atoms with Crippen LogP contribution in [-0.4, -0.2) is 24.5 Å². The topological polar surface area (TPSA) is 71.1 Å². The van der Waals surface area contributed by atoms with Crippen molar-refractivity contribution in [3.05, 3.63) is 0 Å². The molecule has 0 saturated heterocycles. The number of unbranched alkanes of at least 4 members (excludes halogenated alkanes) is 4. The molecule has 0 aliphatic heterocycles. The number of carbonyl (C=O) groups excluding carboxylic acids is 2. The summed E-state index contributed by atoms with van der Waals surface area (Å²) in [6.45, 7) is 8.10. The van der Waals surface area contributed by atoms with Crippen LogP contribution in [0.1, 0.15) is 91.9 Å². The third-order valence-electron chi connectivity index (χ3n) is 3.85. The van der Waals surface area contributed by atoms with Gasteiger partial charge in [-0.05, 0) is 32.1 Å². The van der Waals surface area contributed by atoms with Crippen LogP contribution in [-0.2, 0) is 19.2 Å². The van der Waals surface area contributed by atoms with Crippen LogP contribution in [0.25, 0.3) is 0 Å². The summed E-state index contributed by atoms with van der Waals surface area (Å²) < 4.78 is 9.57. The zero-order valence-electron chi connectivity index (χ0n) is 15.7. The monoisotopic (exact) mass is 346 g/mol. The molecule has 6 nitrogen and oxygen atoms in total. The van der Waals surface area contributed by atoms with Crippen molar-refractivity contribution in [1.29, 1.82) is 0 Å². The summed E-state index contributed by atoms with van der Waals surface area (Å²) in [7, 11) is 0. The minimum atomic E-state index is -1.18. The van der Waals surface area contributed by atoms with Crippen LogP contribution in [0.5, 0.6) is 0 Å². The van der Waals surface area contributed by atoms with E-state index in [1.165, 1.54) is 0 Å². The Morgan fingerprint density at radius 2 is 1.29 bits per heavy atom. The van der Waals surface area contributed by atoms with E-state index in [0.29, 0.717) is 6.42 Å². The Morgan fingerprint density at radius 1 is 0.750 bits per heavy atom. The van der Waals surface area contributed by atoms with Crippen LogP contribution in [0.2, 0.25) is 0 Å². The minimum Gasteiger partial charge on any atom is -0.431 e. The molecule has 6 heteroatoms. The smallest absolute Gasteiger partial charge is 0.431 e. The lowest BCUT2D eigenvalue weighted by molar-refractivity contribution is -0.285. The summed E-state index contributed by atoms with van der Waals surface area (Å²) >= 11 is 0. The van der Waals surface area contributed by atoms with Gasteiger partial charge in [0.25, 0.3) is 0 Å². The third kappa shape index (κ3) is 12.2. The molecule has 2 atom stereocenters. The van der Waals surface area contributed by atoms with Crippen LogP contribution in [0.15, 0.2) is 0 Å². The molecule has 0 spiro atoms. The first-order valence-corrected chi connectivity index (χ1v) is 9.32. The number of hydrogen-bond acceptors (Lipinski definition) is 6. The van der Waals surface area contributed by atoms with Crippen LogP contribution in [0.4, 0.5) is 9.59 Å². The minimum absolute atomic E-state index is 0.183. The molecule has 0 radical (unpaired) electrons. The first kappa shape index (κ1) is 22.7. The van der Waals surface area contributed by atoms with E-state index in [0.717, 1.165) is 57.8 Å². The Bertz CT molecular complexity index is 331. The SMILES string of the molecule is CCCCCC(CC)OOC(=O)OC(=O)OC(CC)CCCCC. The fraction of sp³-hybridized carbons (Fsp3) is 0.889. The van der Waals surface area contributed by atoms with Gasteiger partial charge < -0.3 is 9.47 Å². The van der Waals surface area contributed by atoms with Crippen molar-refractivity contribution < 1.29 is 28.8 Å². The molecule has 0 aromatic rings. The molecule has 24 heavy (non-hydrogen) atoms. The van der Waals surface area contributed by atoms with Crippen LogP contribution >= 0.6 is 0 Å². The Morgan fingerprint density at radius 3 is 1.79 bits per heavy atom. The van der Waals surface area contributed by atoms with Crippen LogP contribution in [0, 0.1) is 0 Å². The van der Waals surface area contributed by atoms with E-state index in [1.807, 2.05) is 13.8 Å². The van der Waals surface area contributed by atoms with E-state index < -0.39 is 12.3 Å². The molecule has 0 fully saturated rings. The maximum atomic E-state index is 11.6. The molecule has 0 rings (SSSR count). The Hall–Kier alpha value is -1.30. The van der Waals surface area contributed by atoms with Crippen molar-refractivity contribution in [2.75, 3.05) is 0 Å². The van der Waals surface area contributed by atoms with E-state index in [2.05, 4.69) is 23.5 Å². The maximum Gasteiger partial charge on any atom is 0.550 e. The highest BCUT2D eigenvalue weighted by Gasteiger charge is 2.20. The highest BCUT2D eigenvalue weighted by molar-refractivity contribution is 5.76. The second-order valence-electron chi connectivity index (χ2n) is 5.95. The molecule has 142 valence electrons. The highest BCUT2D eigenvalue weighted by atomic mass is 17.2. The lowest BCUT2D eigenvalue weighted by Gasteiger charge is -2.16. The zero-order chi connectivity index (χ0) is 18.2. The molecule has 2 unspecified atom stereocenters. The summed E-state index contributed by atoms with van der Waals surface area (Å²) in [5, 5.41) is 0. The van der Waals surface area contributed by atoms with Crippen molar-refractivity contribution in [1.82, 2.24) is 0 Å². The van der Waals surface area contributed by atoms with Gasteiger partial charge in [-0.1, -0.05) is 59.8 Å². The molecule has 0 aromatic carbocycles. The number of hydrogen-bond donors (Lipinski definition) is 0. The normalized spacial score (nSPS) is 13.2. The van der Waals surface area contributed by atoms with E-state index in [9.17, 15) is 9.59 Å². The molecule has 0 heterocycles. The summed E-state index contributed by atoms with van der Waals surface area (Å²) in [4.78, 5) is 32.6. The standard InChI is InChI=1S/C18H34O6/c1-5-9-11-13-15(7-3)21-17(19)22-18(20)24-23-16(8-4)14-12-10-6-2/h15-16H,5-14H2,1-4H3. The fourth-order valence-electron chi connectivity index (χ4n) is 2.26. The predicted molar refractivity (Wildman–Crippen MR) is 91.6 cm³/mol. The summed E-state index contributed by atoms with van der Waals surface area (Å²) in [5.74, 6) is 0. The van der Waals surface area contributed by atoms with Crippen molar-refractivity contribution in [3.63, 3.8) is 0 Å². The predicted octanol–water partition coefficient (Wildman–Crippen LogP) is 5.93. The van der Waals surface area contributed by atoms with E-state index in [4.69, 9.17) is 9.62 Å². The van der Waals surface area contributed by atoms with E-state index >= 15 is 0 Å². The summed E-state index contributed by atoms with van der Waals surface area (Å²) in [6.07, 6.45) is 6.71. The zero-order valence-corrected chi connectivity index (χ0v) is 15.7. The molecule has 0 aliphatic rings. The highest BCUT2D eigenvalue weighted by Crippen LogP contribution is 2.13. The summed E-state index contributed by atoms with van der Waals surface area (Å²) in [5.41, 5.74) is 0. The van der Waals surface area contributed by atoms with Gasteiger partial charge in [-0.2, -0.15) is 4.89 Å². The molecule has 0 saturated carbocycles. The molecule has 0 N–H and O–H groups in total. The average molecular weight is 346 g/mol. The third-order valence-corrected chi connectivity index (χ3v) is 3.85. The second-order valence-corrected chi connectivity index (χ2v) is 5.95. The van der Waals surface area contributed by atoms with Crippen molar-refractivity contribution >= 4 is 12.3 Å². The van der Waals surface area contributed by atoms with Crippen LogP contribution in [0.3, 0.4) is 0 Å². The maximum absolute atomic E-state index is 11.6. The first-order valence-electron chi connectivity index (χ1n) is 9.32. The second kappa shape index (κ2) is 15.2. The first-order chi connectivity index (χ1) is 11.6. The average Bonchev–Trinajstić information content (AvgIpc) is 2.57. The Balaban J connectivity index is 4.00. The van der Waals surface area contributed by atoms with Crippen molar-refractivity contribution in [3.8, 4) is 0 Å². The van der Waals surface area contributed by atoms with Gasteiger partial charge in [0.15, 0.2) is 0 Å². The van der Waals surface area contributed by atoms with Gasteiger partial charge in [-0.25, -0.2) is 9.59 Å². The molecule has 0 bridgehead atoms. The van der Waals surface area contributed by atoms with Gasteiger partial charge in [-0.3, -0.25) is 4.89 Å². The van der Waals surface area contributed by atoms with Gasteiger partial charge >= 0.3 is 12.3 Å². The number of rotatable bonds is 13. The molecular weight excluding hydrogens is 312 g/mol. The largest absolute Gasteiger partial charge is 0.550 e. The fourth-order valence-corrected chi connectivity index (χ4v) is 2.26. The Kier molecular flexibility index (Phi) is 14.4. The molecule has 0 aliphatic carbocycles. The van der Waals surface area contributed by atoms with E-state index in [-0.39, 0.29) is 12.2 Å². The molecule has 0 amide bonds. The summed E-state index contributed by atoms with van der Waals surface area (Å²) in [6, 6.07) is 0. The van der Waals surface area contributed by atoms with Gasteiger partial charge in [0, 0.05) is 0 Å². The molecule has 0 aromatic heterocycles. The van der Waals surface area contributed by atoms with Gasteiger partial charge in [0.1, 0.15) is 12.2 Å².